The molecule has 3 rings (SSSR count). The van der Waals surface area contributed by atoms with Gasteiger partial charge in [0.15, 0.2) is 0 Å². The van der Waals surface area contributed by atoms with Crippen molar-refractivity contribution in [3.8, 4) is 0 Å². The first kappa shape index (κ1) is 20.4. The van der Waals surface area contributed by atoms with Crippen molar-refractivity contribution in [3.63, 3.8) is 0 Å². The van der Waals surface area contributed by atoms with E-state index in [1.165, 1.54) is 11.3 Å². The molecule has 0 radical (unpaired) electrons. The fourth-order valence-electron chi connectivity index (χ4n) is 3.17. The molecule has 0 saturated carbocycles. The van der Waals surface area contributed by atoms with E-state index in [-0.39, 0.29) is 24.2 Å². The molecule has 26 heavy (non-hydrogen) atoms. The average Bonchev–Trinajstić information content (AvgIpc) is 3.17. The van der Waals surface area contributed by atoms with Gasteiger partial charge in [-0.2, -0.15) is 0 Å². The molecule has 1 aliphatic rings. The van der Waals surface area contributed by atoms with Gasteiger partial charge in [-0.3, -0.25) is 9.59 Å². The van der Waals surface area contributed by atoms with Gasteiger partial charge in [0, 0.05) is 13.1 Å². The van der Waals surface area contributed by atoms with Gasteiger partial charge in [0.05, 0.1) is 16.1 Å². The van der Waals surface area contributed by atoms with Crippen molar-refractivity contribution in [3.05, 3.63) is 52.2 Å². The van der Waals surface area contributed by atoms with Crippen LogP contribution in [0.4, 0.5) is 5.69 Å². The van der Waals surface area contributed by atoms with Gasteiger partial charge in [0.2, 0.25) is 0 Å². The van der Waals surface area contributed by atoms with Gasteiger partial charge in [0.25, 0.3) is 11.8 Å². The highest BCUT2D eigenvalue weighted by Crippen LogP contribution is 2.23. The number of hydrogen-bond donors (Lipinski definition) is 2. The Labute approximate surface area is 164 Å². The lowest BCUT2D eigenvalue weighted by atomic mass is 9.96. The lowest BCUT2D eigenvalue weighted by molar-refractivity contribution is 0.0692. The van der Waals surface area contributed by atoms with Crippen molar-refractivity contribution in [2.24, 2.45) is 5.92 Å². The Morgan fingerprint density at radius 1 is 1.15 bits per heavy atom. The lowest BCUT2D eigenvalue weighted by Crippen LogP contribution is -2.40. The van der Waals surface area contributed by atoms with Crippen LogP contribution in [0.3, 0.4) is 0 Å². The second-order valence-electron chi connectivity index (χ2n) is 6.27. The molecule has 2 amide bonds. The molecule has 0 bridgehead atoms. The molecule has 7 heteroatoms. The molecule has 1 saturated heterocycles. The van der Waals surface area contributed by atoms with E-state index in [4.69, 9.17) is 0 Å². The first-order valence-electron chi connectivity index (χ1n) is 8.57. The largest absolute Gasteiger partial charge is 0.339 e. The van der Waals surface area contributed by atoms with E-state index in [9.17, 15) is 9.59 Å². The van der Waals surface area contributed by atoms with Crippen molar-refractivity contribution >= 4 is 41.2 Å². The zero-order valence-corrected chi connectivity index (χ0v) is 16.4. The van der Waals surface area contributed by atoms with Gasteiger partial charge in [-0.05, 0) is 55.9 Å². The summed E-state index contributed by atoms with van der Waals surface area (Å²) in [6, 6.07) is 10.9. The number of halogens is 1. The number of carbonyl (C=O) groups excluding carboxylic acids is 2. The molecule has 1 aromatic carbocycles. The van der Waals surface area contributed by atoms with E-state index in [1.54, 1.807) is 18.2 Å². The Bertz CT molecular complexity index is 728. The van der Waals surface area contributed by atoms with Gasteiger partial charge in [-0.1, -0.05) is 18.2 Å². The number of anilines is 1. The number of piperidine rings is 1. The summed E-state index contributed by atoms with van der Waals surface area (Å²) in [7, 11) is 1.96. The molecule has 1 aromatic heterocycles. The topological polar surface area (TPSA) is 61.4 Å². The highest BCUT2D eigenvalue weighted by Gasteiger charge is 2.25. The minimum Gasteiger partial charge on any atom is -0.339 e. The van der Waals surface area contributed by atoms with Crippen LogP contribution in [0.5, 0.6) is 0 Å². The Kier molecular flexibility index (Phi) is 7.63. The summed E-state index contributed by atoms with van der Waals surface area (Å²) in [6.07, 6.45) is 2.02. The number of likely N-dealkylation sites (tertiary alicyclic amines) is 1. The van der Waals surface area contributed by atoms with E-state index in [0.29, 0.717) is 22.0 Å². The van der Waals surface area contributed by atoms with Crippen molar-refractivity contribution in [1.82, 2.24) is 10.2 Å². The summed E-state index contributed by atoms with van der Waals surface area (Å²) in [4.78, 5) is 27.7. The Morgan fingerprint density at radius 3 is 2.54 bits per heavy atom. The van der Waals surface area contributed by atoms with Crippen LogP contribution in [0.25, 0.3) is 0 Å². The van der Waals surface area contributed by atoms with Crippen molar-refractivity contribution in [1.29, 1.82) is 0 Å². The average molecular weight is 394 g/mol. The van der Waals surface area contributed by atoms with Gasteiger partial charge in [-0.15, -0.1) is 23.7 Å². The third kappa shape index (κ3) is 4.84. The third-order valence-electron chi connectivity index (χ3n) is 4.55. The minimum absolute atomic E-state index is 0. The number of rotatable bonds is 5. The van der Waals surface area contributed by atoms with Crippen LogP contribution in [0, 0.1) is 5.92 Å². The maximum atomic E-state index is 12.9. The zero-order chi connectivity index (χ0) is 17.6. The summed E-state index contributed by atoms with van der Waals surface area (Å²) in [5.41, 5.74) is 1.13. The molecule has 5 nitrogen and oxygen atoms in total. The standard InChI is InChI=1S/C19H23N3O2S.ClH/c1-20-13-14-8-10-22(11-9-14)19(24)15-5-2-3-6-16(15)21-18(23)17-7-4-12-25-17;/h2-7,12,14,20H,8-11,13H2,1H3,(H,21,23);1H. The van der Waals surface area contributed by atoms with Crippen LogP contribution in [-0.4, -0.2) is 43.4 Å². The number of para-hydroxylation sites is 1. The molecular formula is C19H24ClN3O2S. The fourth-order valence-corrected chi connectivity index (χ4v) is 3.79. The quantitative estimate of drug-likeness (QED) is 0.817. The zero-order valence-electron chi connectivity index (χ0n) is 14.7. The second-order valence-corrected chi connectivity index (χ2v) is 7.22. The van der Waals surface area contributed by atoms with Crippen LogP contribution in [-0.2, 0) is 0 Å². The third-order valence-corrected chi connectivity index (χ3v) is 5.41. The molecule has 2 aromatic rings. The number of amides is 2. The summed E-state index contributed by atoms with van der Waals surface area (Å²) in [5.74, 6) is 0.441. The van der Waals surface area contributed by atoms with Crippen LogP contribution in [0.1, 0.15) is 32.9 Å². The van der Waals surface area contributed by atoms with Gasteiger partial charge < -0.3 is 15.5 Å². The van der Waals surface area contributed by atoms with Crippen LogP contribution < -0.4 is 10.6 Å². The molecule has 0 spiro atoms. The maximum absolute atomic E-state index is 12.9. The number of benzene rings is 1. The molecule has 0 unspecified atom stereocenters. The molecule has 0 aliphatic carbocycles. The first-order chi connectivity index (χ1) is 12.2. The number of carbonyl (C=O) groups is 2. The van der Waals surface area contributed by atoms with E-state index >= 15 is 0 Å². The molecule has 2 heterocycles. The molecule has 1 aliphatic heterocycles. The smallest absolute Gasteiger partial charge is 0.265 e. The molecule has 140 valence electrons. The number of nitrogens with one attached hydrogen (secondary N) is 2. The highest BCUT2D eigenvalue weighted by atomic mass is 35.5. The van der Waals surface area contributed by atoms with E-state index in [1.807, 2.05) is 35.5 Å². The molecule has 1 fully saturated rings. The first-order valence-corrected chi connectivity index (χ1v) is 9.44. The predicted octanol–water partition coefficient (Wildman–Crippen LogP) is 3.49. The molecular weight excluding hydrogens is 370 g/mol. The Morgan fingerprint density at radius 2 is 1.88 bits per heavy atom. The molecule has 2 N–H and O–H groups in total. The van der Waals surface area contributed by atoms with Gasteiger partial charge in [-0.25, -0.2) is 0 Å². The fraction of sp³-hybridized carbons (Fsp3) is 0.368. The van der Waals surface area contributed by atoms with Crippen LogP contribution in [0.15, 0.2) is 41.8 Å². The van der Waals surface area contributed by atoms with Crippen molar-refractivity contribution in [2.45, 2.75) is 12.8 Å². The minimum atomic E-state index is -0.178. The van der Waals surface area contributed by atoms with Crippen LogP contribution >= 0.6 is 23.7 Å². The summed E-state index contributed by atoms with van der Waals surface area (Å²) < 4.78 is 0. The summed E-state index contributed by atoms with van der Waals surface area (Å²) in [6.45, 7) is 2.52. The number of nitrogens with zero attached hydrogens (tertiary/aromatic N) is 1. The summed E-state index contributed by atoms with van der Waals surface area (Å²) in [5, 5.41) is 7.95. The normalized spacial score (nSPS) is 14.6. The highest BCUT2D eigenvalue weighted by molar-refractivity contribution is 7.12. The second kappa shape index (κ2) is 9.71. The summed E-state index contributed by atoms with van der Waals surface area (Å²) >= 11 is 1.38. The number of hydrogen-bond acceptors (Lipinski definition) is 4. The Hall–Kier alpha value is -1.89. The maximum Gasteiger partial charge on any atom is 0.265 e. The van der Waals surface area contributed by atoms with Crippen molar-refractivity contribution in [2.75, 3.05) is 32.0 Å². The van der Waals surface area contributed by atoms with E-state index in [2.05, 4.69) is 10.6 Å². The Balaban J connectivity index is 0.00000243. The van der Waals surface area contributed by atoms with Crippen molar-refractivity contribution < 1.29 is 9.59 Å². The number of thiophene rings is 1. The van der Waals surface area contributed by atoms with E-state index in [0.717, 1.165) is 32.5 Å². The predicted molar refractivity (Wildman–Crippen MR) is 109 cm³/mol. The van der Waals surface area contributed by atoms with Gasteiger partial charge >= 0.3 is 0 Å². The monoisotopic (exact) mass is 393 g/mol. The van der Waals surface area contributed by atoms with Gasteiger partial charge in [0.1, 0.15) is 0 Å². The molecule has 0 atom stereocenters. The lowest BCUT2D eigenvalue weighted by Gasteiger charge is -2.32. The van der Waals surface area contributed by atoms with E-state index < -0.39 is 0 Å². The SMILES string of the molecule is CNCC1CCN(C(=O)c2ccccc2NC(=O)c2cccs2)CC1.Cl. The van der Waals surface area contributed by atoms with Crippen LogP contribution in [0.2, 0.25) is 0 Å².